The van der Waals surface area contributed by atoms with E-state index in [2.05, 4.69) is 13.8 Å². The van der Waals surface area contributed by atoms with Crippen LogP contribution in [-0.4, -0.2) is 13.2 Å². The second-order valence-electron chi connectivity index (χ2n) is 3.69. The molecule has 0 bridgehead atoms. The lowest BCUT2D eigenvalue weighted by molar-refractivity contribution is 0.0684. The second kappa shape index (κ2) is 4.10. The molecule has 0 aromatic rings. The molecule has 1 nitrogen and oxygen atoms in total. The Hall–Kier alpha value is -0.0400. The zero-order chi connectivity index (χ0) is 8.27. The van der Waals surface area contributed by atoms with Crippen molar-refractivity contribution >= 4 is 0 Å². The normalized spacial score (nSPS) is 37.9. The summed E-state index contributed by atoms with van der Waals surface area (Å²) >= 11 is 0. The first-order chi connectivity index (χ1) is 5.31. The van der Waals surface area contributed by atoms with E-state index in [1.165, 1.54) is 25.7 Å². The molecule has 1 rings (SSSR count). The molecule has 1 heteroatoms. The molecule has 0 spiro atoms. The van der Waals surface area contributed by atoms with Crippen LogP contribution in [0.25, 0.3) is 0 Å². The van der Waals surface area contributed by atoms with Crippen molar-refractivity contribution < 1.29 is 4.74 Å². The number of rotatable bonds is 3. The summed E-state index contributed by atoms with van der Waals surface area (Å²) in [5.41, 5.74) is 0. The third kappa shape index (κ3) is 1.96. The van der Waals surface area contributed by atoms with Crippen molar-refractivity contribution in [1.82, 2.24) is 0 Å². The van der Waals surface area contributed by atoms with Gasteiger partial charge in [-0.3, -0.25) is 0 Å². The summed E-state index contributed by atoms with van der Waals surface area (Å²) in [4.78, 5) is 0. The van der Waals surface area contributed by atoms with Gasteiger partial charge in [0.2, 0.25) is 0 Å². The highest BCUT2D eigenvalue weighted by molar-refractivity contribution is 4.82. The zero-order valence-electron chi connectivity index (χ0n) is 7.97. The van der Waals surface area contributed by atoms with Crippen LogP contribution < -0.4 is 0 Å². The van der Waals surface area contributed by atoms with Gasteiger partial charge in [0.05, 0.1) is 6.10 Å². The van der Waals surface area contributed by atoms with Crippen molar-refractivity contribution in [3.05, 3.63) is 0 Å². The summed E-state index contributed by atoms with van der Waals surface area (Å²) in [5, 5.41) is 0. The molecule has 1 aliphatic rings. The van der Waals surface area contributed by atoms with E-state index in [4.69, 9.17) is 4.74 Å². The highest BCUT2D eigenvalue weighted by atomic mass is 16.5. The smallest absolute Gasteiger partial charge is 0.0602 e. The van der Waals surface area contributed by atoms with Crippen molar-refractivity contribution in [3.63, 3.8) is 0 Å². The van der Waals surface area contributed by atoms with Crippen LogP contribution in [0.3, 0.4) is 0 Å². The molecular weight excluding hydrogens is 136 g/mol. The number of hydrogen-bond donors (Lipinski definition) is 0. The standard InChI is InChI=1S/C10H20O/c1-4-8-6-9(5-2)10(7-8)11-3/h8-10H,4-7H2,1-3H3. The van der Waals surface area contributed by atoms with Crippen molar-refractivity contribution in [2.45, 2.75) is 45.6 Å². The number of hydrogen-bond acceptors (Lipinski definition) is 1. The summed E-state index contributed by atoms with van der Waals surface area (Å²) in [7, 11) is 1.85. The van der Waals surface area contributed by atoms with E-state index in [-0.39, 0.29) is 0 Å². The largest absolute Gasteiger partial charge is 0.381 e. The first-order valence-corrected chi connectivity index (χ1v) is 4.84. The highest BCUT2D eigenvalue weighted by Crippen LogP contribution is 2.36. The van der Waals surface area contributed by atoms with Gasteiger partial charge in [0.1, 0.15) is 0 Å². The molecule has 3 atom stereocenters. The third-order valence-electron chi connectivity index (χ3n) is 3.13. The summed E-state index contributed by atoms with van der Waals surface area (Å²) in [6.07, 6.45) is 5.87. The molecular formula is C10H20O. The number of ether oxygens (including phenoxy) is 1. The SMILES string of the molecule is CCC1CC(CC)C(OC)C1. The summed E-state index contributed by atoms with van der Waals surface area (Å²) in [6, 6.07) is 0. The Bertz CT molecular complexity index is 99.4. The minimum absolute atomic E-state index is 0.560. The Balaban J connectivity index is 2.41. The van der Waals surface area contributed by atoms with Gasteiger partial charge in [-0.2, -0.15) is 0 Å². The minimum Gasteiger partial charge on any atom is -0.381 e. The summed E-state index contributed by atoms with van der Waals surface area (Å²) in [6.45, 7) is 4.56. The Labute approximate surface area is 70.1 Å². The fourth-order valence-electron chi connectivity index (χ4n) is 2.25. The fourth-order valence-corrected chi connectivity index (χ4v) is 2.25. The maximum absolute atomic E-state index is 5.45. The molecule has 0 saturated heterocycles. The predicted octanol–water partition coefficient (Wildman–Crippen LogP) is 2.85. The van der Waals surface area contributed by atoms with E-state index in [1.807, 2.05) is 7.11 Å². The molecule has 1 saturated carbocycles. The van der Waals surface area contributed by atoms with Crippen LogP contribution in [0.2, 0.25) is 0 Å². The molecule has 66 valence electrons. The van der Waals surface area contributed by atoms with Gasteiger partial charge in [-0.05, 0) is 24.7 Å². The lowest BCUT2D eigenvalue weighted by Gasteiger charge is -2.14. The molecule has 0 heterocycles. The summed E-state index contributed by atoms with van der Waals surface area (Å²) in [5.74, 6) is 1.77. The van der Waals surface area contributed by atoms with E-state index in [9.17, 15) is 0 Å². The van der Waals surface area contributed by atoms with Gasteiger partial charge in [0, 0.05) is 7.11 Å². The molecule has 3 unspecified atom stereocenters. The molecule has 0 radical (unpaired) electrons. The molecule has 1 aliphatic carbocycles. The van der Waals surface area contributed by atoms with Gasteiger partial charge in [-0.1, -0.05) is 26.7 Å². The molecule has 1 fully saturated rings. The average molecular weight is 156 g/mol. The second-order valence-corrected chi connectivity index (χ2v) is 3.69. The van der Waals surface area contributed by atoms with Crippen LogP contribution in [0.5, 0.6) is 0 Å². The fraction of sp³-hybridized carbons (Fsp3) is 1.00. The molecule has 0 amide bonds. The van der Waals surface area contributed by atoms with Crippen LogP contribution in [-0.2, 0) is 4.74 Å². The Morgan fingerprint density at radius 1 is 1.18 bits per heavy atom. The molecule has 0 aromatic heterocycles. The van der Waals surface area contributed by atoms with E-state index in [0.29, 0.717) is 6.10 Å². The molecule has 11 heavy (non-hydrogen) atoms. The molecule has 0 aromatic carbocycles. The monoisotopic (exact) mass is 156 g/mol. The van der Waals surface area contributed by atoms with Crippen molar-refractivity contribution in [2.75, 3.05) is 7.11 Å². The van der Waals surface area contributed by atoms with E-state index in [0.717, 1.165) is 11.8 Å². The quantitative estimate of drug-likeness (QED) is 0.610. The highest BCUT2D eigenvalue weighted by Gasteiger charge is 2.31. The zero-order valence-corrected chi connectivity index (χ0v) is 7.97. The lowest BCUT2D eigenvalue weighted by Crippen LogP contribution is -2.14. The van der Waals surface area contributed by atoms with Crippen molar-refractivity contribution in [1.29, 1.82) is 0 Å². The van der Waals surface area contributed by atoms with E-state index in [1.54, 1.807) is 0 Å². The molecule has 0 N–H and O–H groups in total. The first kappa shape index (κ1) is 9.05. The van der Waals surface area contributed by atoms with Gasteiger partial charge >= 0.3 is 0 Å². The average Bonchev–Trinajstić information content (AvgIpc) is 2.46. The van der Waals surface area contributed by atoms with Crippen LogP contribution in [0.4, 0.5) is 0 Å². The van der Waals surface area contributed by atoms with Gasteiger partial charge in [0.25, 0.3) is 0 Å². The van der Waals surface area contributed by atoms with Crippen LogP contribution in [0.15, 0.2) is 0 Å². The Kier molecular flexibility index (Phi) is 3.38. The van der Waals surface area contributed by atoms with Crippen LogP contribution in [0, 0.1) is 11.8 Å². The van der Waals surface area contributed by atoms with Gasteiger partial charge < -0.3 is 4.74 Å². The van der Waals surface area contributed by atoms with E-state index >= 15 is 0 Å². The van der Waals surface area contributed by atoms with Crippen LogP contribution in [0.1, 0.15) is 39.5 Å². The Morgan fingerprint density at radius 3 is 2.27 bits per heavy atom. The minimum atomic E-state index is 0.560. The van der Waals surface area contributed by atoms with E-state index < -0.39 is 0 Å². The maximum atomic E-state index is 5.45. The molecule has 0 aliphatic heterocycles. The number of methoxy groups -OCH3 is 1. The van der Waals surface area contributed by atoms with Crippen molar-refractivity contribution in [3.8, 4) is 0 Å². The summed E-state index contributed by atoms with van der Waals surface area (Å²) < 4.78 is 5.45. The lowest BCUT2D eigenvalue weighted by atomic mass is 10.0. The van der Waals surface area contributed by atoms with Gasteiger partial charge in [0.15, 0.2) is 0 Å². The van der Waals surface area contributed by atoms with Gasteiger partial charge in [-0.15, -0.1) is 0 Å². The third-order valence-corrected chi connectivity index (χ3v) is 3.13. The van der Waals surface area contributed by atoms with Gasteiger partial charge in [-0.25, -0.2) is 0 Å². The topological polar surface area (TPSA) is 9.23 Å². The predicted molar refractivity (Wildman–Crippen MR) is 47.6 cm³/mol. The maximum Gasteiger partial charge on any atom is 0.0602 e. The first-order valence-electron chi connectivity index (χ1n) is 4.84. The Morgan fingerprint density at radius 2 is 1.91 bits per heavy atom. The van der Waals surface area contributed by atoms with Crippen LogP contribution >= 0.6 is 0 Å². The van der Waals surface area contributed by atoms with Crippen molar-refractivity contribution in [2.24, 2.45) is 11.8 Å².